The van der Waals surface area contributed by atoms with Crippen molar-refractivity contribution in [2.75, 3.05) is 13.1 Å². The summed E-state index contributed by atoms with van der Waals surface area (Å²) < 4.78 is 5.04. The molecule has 2 heterocycles. The summed E-state index contributed by atoms with van der Waals surface area (Å²) >= 11 is 0. The maximum atomic E-state index is 12.2. The van der Waals surface area contributed by atoms with Crippen LogP contribution < -0.4 is 5.32 Å². The molecule has 1 saturated heterocycles. The van der Waals surface area contributed by atoms with Gasteiger partial charge in [0.15, 0.2) is 0 Å². The quantitative estimate of drug-likeness (QED) is 0.902. The first-order chi connectivity index (χ1) is 11.2. The van der Waals surface area contributed by atoms with E-state index in [1.54, 1.807) is 6.07 Å². The van der Waals surface area contributed by atoms with Crippen molar-refractivity contribution in [2.45, 2.75) is 57.9 Å². The van der Waals surface area contributed by atoms with E-state index in [0.717, 1.165) is 18.7 Å². The van der Waals surface area contributed by atoms with E-state index in [1.165, 1.54) is 32.1 Å². The Hall–Kier alpha value is -1.85. The van der Waals surface area contributed by atoms with E-state index in [2.05, 4.69) is 10.5 Å². The van der Waals surface area contributed by atoms with Crippen LogP contribution in [0.15, 0.2) is 10.6 Å². The largest absolute Gasteiger partial charge is 0.351 e. The number of hydrogen-bond donors (Lipinski definition) is 1. The maximum absolute atomic E-state index is 12.2. The Balaban J connectivity index is 1.51. The molecule has 2 amide bonds. The third-order valence-corrected chi connectivity index (χ3v) is 4.90. The highest BCUT2D eigenvalue weighted by atomic mass is 16.5. The molecular weight excluding hydrogens is 294 g/mol. The van der Waals surface area contributed by atoms with Crippen molar-refractivity contribution in [3.63, 3.8) is 0 Å². The number of aromatic nitrogens is 1. The molecule has 0 bridgehead atoms. The Bertz CT molecular complexity index is 563. The third kappa shape index (κ3) is 3.92. The Labute approximate surface area is 136 Å². The molecule has 0 spiro atoms. The first-order valence-corrected chi connectivity index (χ1v) is 8.70. The number of rotatable bonds is 5. The van der Waals surface area contributed by atoms with Gasteiger partial charge < -0.3 is 14.7 Å². The van der Waals surface area contributed by atoms with Gasteiger partial charge in [0.1, 0.15) is 0 Å². The number of likely N-dealkylation sites (tertiary alicyclic amines) is 1. The molecule has 0 aromatic carbocycles. The number of carbonyl (C=O) groups excluding carboxylic acids is 2. The molecule has 6 nitrogen and oxygen atoms in total. The Morgan fingerprint density at radius 3 is 2.87 bits per heavy atom. The maximum Gasteiger partial charge on any atom is 0.290 e. The summed E-state index contributed by atoms with van der Waals surface area (Å²) in [6.07, 6.45) is 7.43. The number of carbonyl (C=O) groups is 2. The normalized spacial score (nSPS) is 22.6. The highest BCUT2D eigenvalue weighted by Gasteiger charge is 2.32. The predicted molar refractivity (Wildman–Crippen MR) is 84.9 cm³/mol. The molecule has 2 fully saturated rings. The molecule has 23 heavy (non-hydrogen) atoms. The molecule has 1 aliphatic heterocycles. The van der Waals surface area contributed by atoms with E-state index in [4.69, 9.17) is 4.52 Å². The molecular formula is C17H25N3O3. The Morgan fingerprint density at radius 1 is 1.39 bits per heavy atom. The topological polar surface area (TPSA) is 75.4 Å². The van der Waals surface area contributed by atoms with Gasteiger partial charge in [0, 0.05) is 25.6 Å². The molecule has 126 valence electrons. The van der Waals surface area contributed by atoms with E-state index in [9.17, 15) is 9.59 Å². The van der Waals surface area contributed by atoms with Crippen LogP contribution in [0.3, 0.4) is 0 Å². The molecule has 1 saturated carbocycles. The second-order valence-corrected chi connectivity index (χ2v) is 6.71. The van der Waals surface area contributed by atoms with Crippen molar-refractivity contribution in [2.24, 2.45) is 5.92 Å². The van der Waals surface area contributed by atoms with Gasteiger partial charge in [0.05, 0.1) is 11.7 Å². The van der Waals surface area contributed by atoms with Crippen LogP contribution >= 0.6 is 0 Å². The second kappa shape index (κ2) is 7.15. The third-order valence-electron chi connectivity index (χ3n) is 4.90. The zero-order valence-electron chi connectivity index (χ0n) is 13.7. The van der Waals surface area contributed by atoms with Gasteiger partial charge in [-0.25, -0.2) is 0 Å². The first kappa shape index (κ1) is 16.0. The van der Waals surface area contributed by atoms with Crippen molar-refractivity contribution in [3.8, 4) is 0 Å². The molecule has 1 aromatic rings. The van der Waals surface area contributed by atoms with E-state index in [1.807, 2.05) is 11.8 Å². The summed E-state index contributed by atoms with van der Waals surface area (Å²) in [6, 6.07) is 1.53. The zero-order chi connectivity index (χ0) is 16.2. The van der Waals surface area contributed by atoms with E-state index >= 15 is 0 Å². The van der Waals surface area contributed by atoms with Gasteiger partial charge in [-0.3, -0.25) is 9.59 Å². The van der Waals surface area contributed by atoms with Crippen molar-refractivity contribution in [1.29, 1.82) is 0 Å². The van der Waals surface area contributed by atoms with Crippen molar-refractivity contribution >= 4 is 11.8 Å². The average Bonchev–Trinajstić information content (AvgIpc) is 3.16. The lowest BCUT2D eigenvalue weighted by molar-refractivity contribution is -0.128. The summed E-state index contributed by atoms with van der Waals surface area (Å²) in [5.74, 6) is 0.714. The van der Waals surface area contributed by atoms with Crippen LogP contribution in [0.4, 0.5) is 0 Å². The van der Waals surface area contributed by atoms with Crippen molar-refractivity contribution in [1.82, 2.24) is 15.4 Å². The van der Waals surface area contributed by atoms with Gasteiger partial charge in [-0.05, 0) is 25.2 Å². The van der Waals surface area contributed by atoms with E-state index < -0.39 is 0 Å². The second-order valence-electron chi connectivity index (χ2n) is 6.71. The molecule has 1 atom stereocenters. The molecule has 3 rings (SSSR count). The van der Waals surface area contributed by atoms with Crippen molar-refractivity contribution < 1.29 is 14.1 Å². The molecule has 1 aromatic heterocycles. The molecule has 1 aliphatic carbocycles. The van der Waals surface area contributed by atoms with Crippen LogP contribution in [0.2, 0.25) is 0 Å². The van der Waals surface area contributed by atoms with Crippen LogP contribution in [0.5, 0.6) is 0 Å². The number of nitrogens with one attached hydrogen (secondary N) is 1. The van der Waals surface area contributed by atoms with Gasteiger partial charge in [0.2, 0.25) is 11.7 Å². The minimum atomic E-state index is -0.283. The lowest BCUT2D eigenvalue weighted by Gasteiger charge is -2.27. The Morgan fingerprint density at radius 2 is 2.17 bits per heavy atom. The average molecular weight is 319 g/mol. The van der Waals surface area contributed by atoms with Gasteiger partial charge in [-0.2, -0.15) is 0 Å². The summed E-state index contributed by atoms with van der Waals surface area (Å²) in [7, 11) is 0. The fraction of sp³-hybridized carbons (Fsp3) is 0.706. The summed E-state index contributed by atoms with van der Waals surface area (Å²) in [4.78, 5) is 26.2. The summed E-state index contributed by atoms with van der Waals surface area (Å²) in [6.45, 7) is 3.40. The van der Waals surface area contributed by atoms with Crippen LogP contribution in [0.1, 0.15) is 61.7 Å². The highest BCUT2D eigenvalue weighted by molar-refractivity contribution is 5.92. The number of hydrogen-bond acceptors (Lipinski definition) is 4. The fourth-order valence-corrected chi connectivity index (χ4v) is 3.57. The number of nitrogens with zero attached hydrogens (tertiary/aromatic N) is 2. The molecule has 0 unspecified atom stereocenters. The zero-order valence-corrected chi connectivity index (χ0v) is 13.7. The number of amides is 2. The first-order valence-electron chi connectivity index (χ1n) is 8.70. The lowest BCUT2D eigenvalue weighted by atomic mass is 9.89. The molecule has 6 heteroatoms. The van der Waals surface area contributed by atoms with Crippen LogP contribution in [0, 0.1) is 5.92 Å². The minimum Gasteiger partial charge on any atom is -0.351 e. The van der Waals surface area contributed by atoms with Gasteiger partial charge in [-0.1, -0.05) is 31.3 Å². The molecule has 0 radical (unpaired) electrons. The van der Waals surface area contributed by atoms with E-state index in [-0.39, 0.29) is 23.6 Å². The Kier molecular flexibility index (Phi) is 4.98. The minimum absolute atomic E-state index is 0.131. The van der Waals surface area contributed by atoms with Crippen LogP contribution in [-0.4, -0.2) is 41.0 Å². The SMILES string of the molecule is CCc1cc(C(=O)N[C@@H]2CC(=O)N(CC3CCCCC3)C2)on1. The standard InChI is InChI=1S/C17H25N3O3/c1-2-13-8-15(23-19-13)17(22)18-14-9-16(21)20(11-14)10-12-6-4-3-5-7-12/h8,12,14H,2-7,9-11H2,1H3,(H,18,22)/t14-/m1/s1. The van der Waals surface area contributed by atoms with Gasteiger partial charge in [-0.15, -0.1) is 0 Å². The van der Waals surface area contributed by atoms with Crippen LogP contribution in [-0.2, 0) is 11.2 Å². The fourth-order valence-electron chi connectivity index (χ4n) is 3.57. The summed E-state index contributed by atoms with van der Waals surface area (Å²) in [5, 5.41) is 6.72. The van der Waals surface area contributed by atoms with Gasteiger partial charge in [0.25, 0.3) is 5.91 Å². The lowest BCUT2D eigenvalue weighted by Crippen LogP contribution is -2.38. The van der Waals surface area contributed by atoms with Gasteiger partial charge >= 0.3 is 0 Å². The molecule has 1 N–H and O–H groups in total. The monoisotopic (exact) mass is 319 g/mol. The predicted octanol–water partition coefficient (Wildman–Crippen LogP) is 2.15. The summed E-state index contributed by atoms with van der Waals surface area (Å²) in [5.41, 5.74) is 0.761. The smallest absolute Gasteiger partial charge is 0.290 e. The van der Waals surface area contributed by atoms with Crippen LogP contribution in [0.25, 0.3) is 0 Å². The number of aryl methyl sites for hydroxylation is 1. The highest BCUT2D eigenvalue weighted by Crippen LogP contribution is 2.26. The molecule has 2 aliphatic rings. The van der Waals surface area contributed by atoms with Crippen molar-refractivity contribution in [3.05, 3.63) is 17.5 Å². The van der Waals surface area contributed by atoms with E-state index in [0.29, 0.717) is 18.9 Å².